The number of carbonyl (C=O) groups is 1. The number of methoxy groups -OCH3 is 1. The summed E-state index contributed by atoms with van der Waals surface area (Å²) in [5.74, 6) is 0.366. The van der Waals surface area contributed by atoms with Crippen molar-refractivity contribution < 1.29 is 14.3 Å². The van der Waals surface area contributed by atoms with Gasteiger partial charge in [-0.15, -0.1) is 0 Å². The summed E-state index contributed by atoms with van der Waals surface area (Å²) in [7, 11) is 1.48. The number of ether oxygens (including phenoxy) is 2. The van der Waals surface area contributed by atoms with Crippen molar-refractivity contribution in [1.82, 2.24) is 0 Å². The fourth-order valence-corrected chi connectivity index (χ4v) is 0.707. The van der Waals surface area contributed by atoms with Crippen LogP contribution in [0.1, 0.15) is 6.92 Å². The topological polar surface area (TPSA) is 35.5 Å². The van der Waals surface area contributed by atoms with E-state index < -0.39 is 0 Å². The molecular formula is C7H10O3. The minimum atomic E-state index is -0.0288. The van der Waals surface area contributed by atoms with Crippen LogP contribution in [0.15, 0.2) is 12.0 Å². The molecule has 3 nitrogen and oxygen atoms in total. The second kappa shape index (κ2) is 2.73. The maximum absolute atomic E-state index is 10.9. The molecule has 0 aromatic heterocycles. The molecular weight excluding hydrogens is 132 g/mol. The molecule has 0 amide bonds. The van der Waals surface area contributed by atoms with Gasteiger partial charge in [-0.3, -0.25) is 4.79 Å². The van der Waals surface area contributed by atoms with Gasteiger partial charge in [0.05, 0.1) is 19.1 Å². The van der Waals surface area contributed by atoms with Crippen molar-refractivity contribution in [3.8, 4) is 0 Å². The third kappa shape index (κ3) is 1.29. The summed E-state index contributed by atoms with van der Waals surface area (Å²) in [6.07, 6.45) is 1.38. The molecule has 10 heavy (non-hydrogen) atoms. The van der Waals surface area contributed by atoms with Crippen LogP contribution in [0.2, 0.25) is 0 Å². The molecule has 1 unspecified atom stereocenters. The quantitative estimate of drug-likeness (QED) is 0.541. The van der Waals surface area contributed by atoms with E-state index in [4.69, 9.17) is 9.47 Å². The van der Waals surface area contributed by atoms with Gasteiger partial charge in [0.2, 0.25) is 0 Å². The zero-order valence-electron chi connectivity index (χ0n) is 6.09. The Balaban J connectivity index is 2.66. The Labute approximate surface area is 59.6 Å². The van der Waals surface area contributed by atoms with Gasteiger partial charge >= 0.3 is 0 Å². The van der Waals surface area contributed by atoms with E-state index >= 15 is 0 Å². The monoisotopic (exact) mass is 142 g/mol. The highest BCUT2D eigenvalue weighted by Crippen LogP contribution is 2.12. The van der Waals surface area contributed by atoms with Gasteiger partial charge in [-0.1, -0.05) is 6.92 Å². The maximum Gasteiger partial charge on any atom is 0.282 e. The Hall–Kier alpha value is -0.990. The number of hydrogen-bond donors (Lipinski definition) is 0. The van der Waals surface area contributed by atoms with Gasteiger partial charge in [0.1, 0.15) is 6.61 Å². The van der Waals surface area contributed by atoms with Crippen LogP contribution in [0, 0.1) is 5.92 Å². The minimum absolute atomic E-state index is 0.0288. The van der Waals surface area contributed by atoms with Crippen molar-refractivity contribution >= 4 is 5.78 Å². The molecule has 1 aliphatic rings. The largest absolute Gasteiger partial charge is 0.469 e. The fraction of sp³-hybridized carbons (Fsp3) is 0.571. The molecule has 0 spiro atoms. The molecule has 0 bridgehead atoms. The Kier molecular flexibility index (Phi) is 1.94. The zero-order valence-corrected chi connectivity index (χ0v) is 6.09. The van der Waals surface area contributed by atoms with Crippen molar-refractivity contribution in [2.75, 3.05) is 13.7 Å². The van der Waals surface area contributed by atoms with Crippen LogP contribution in [0.4, 0.5) is 0 Å². The maximum atomic E-state index is 10.9. The number of rotatable bonds is 1. The third-order valence-corrected chi connectivity index (χ3v) is 1.42. The summed E-state index contributed by atoms with van der Waals surface area (Å²) in [5, 5.41) is 0. The van der Waals surface area contributed by atoms with E-state index in [1.165, 1.54) is 13.2 Å². The van der Waals surface area contributed by atoms with E-state index in [2.05, 4.69) is 0 Å². The summed E-state index contributed by atoms with van der Waals surface area (Å²) in [6.45, 7) is 2.25. The van der Waals surface area contributed by atoms with Gasteiger partial charge in [0, 0.05) is 0 Å². The number of hydrogen-bond acceptors (Lipinski definition) is 3. The van der Waals surface area contributed by atoms with E-state index in [1.807, 2.05) is 6.92 Å². The van der Waals surface area contributed by atoms with Crippen LogP contribution < -0.4 is 0 Å². The van der Waals surface area contributed by atoms with Gasteiger partial charge in [-0.2, -0.15) is 0 Å². The molecule has 0 fully saturated rings. The smallest absolute Gasteiger partial charge is 0.282 e. The number of allylic oxidation sites excluding steroid dienone is 1. The first kappa shape index (κ1) is 7.12. The van der Waals surface area contributed by atoms with E-state index in [1.54, 1.807) is 0 Å². The highest BCUT2D eigenvalue weighted by Gasteiger charge is 2.18. The molecule has 0 N–H and O–H groups in total. The fourth-order valence-electron chi connectivity index (χ4n) is 0.707. The zero-order chi connectivity index (χ0) is 7.56. The molecule has 1 heterocycles. The lowest BCUT2D eigenvalue weighted by Crippen LogP contribution is -2.21. The van der Waals surface area contributed by atoms with Crippen molar-refractivity contribution in [3.63, 3.8) is 0 Å². The first-order chi connectivity index (χ1) is 4.74. The molecule has 0 aromatic carbocycles. The van der Waals surface area contributed by atoms with Crippen molar-refractivity contribution in [1.29, 1.82) is 0 Å². The highest BCUT2D eigenvalue weighted by atomic mass is 16.7. The molecule has 3 heteroatoms. The summed E-state index contributed by atoms with van der Waals surface area (Å²) in [4.78, 5) is 10.9. The summed E-state index contributed by atoms with van der Waals surface area (Å²) < 4.78 is 9.76. The predicted molar refractivity (Wildman–Crippen MR) is 35.2 cm³/mol. The number of carbonyl (C=O) groups excluding carboxylic acids is 1. The van der Waals surface area contributed by atoms with E-state index in [0.29, 0.717) is 12.6 Å². The summed E-state index contributed by atoms with van der Waals surface area (Å²) in [6, 6.07) is 0. The van der Waals surface area contributed by atoms with Crippen molar-refractivity contribution in [3.05, 3.63) is 12.0 Å². The van der Waals surface area contributed by atoms with Crippen LogP contribution >= 0.6 is 0 Å². The molecule has 1 aliphatic heterocycles. The van der Waals surface area contributed by atoms with Gasteiger partial charge < -0.3 is 9.47 Å². The number of ketones is 1. The minimum Gasteiger partial charge on any atom is -0.469 e. The summed E-state index contributed by atoms with van der Waals surface area (Å²) >= 11 is 0. The SMILES string of the molecule is COC1=CC(=O)C(C)CO1. The first-order valence-corrected chi connectivity index (χ1v) is 3.16. The lowest BCUT2D eigenvalue weighted by molar-refractivity contribution is -0.122. The Bertz CT molecular complexity index is 172. The van der Waals surface area contributed by atoms with Crippen molar-refractivity contribution in [2.24, 2.45) is 5.92 Å². The third-order valence-electron chi connectivity index (χ3n) is 1.42. The normalized spacial score (nSPS) is 25.2. The summed E-state index contributed by atoms with van der Waals surface area (Å²) in [5.41, 5.74) is 0. The van der Waals surface area contributed by atoms with E-state index in [0.717, 1.165) is 0 Å². The first-order valence-electron chi connectivity index (χ1n) is 3.16. The van der Waals surface area contributed by atoms with Crippen LogP contribution in [-0.2, 0) is 14.3 Å². The van der Waals surface area contributed by atoms with E-state index in [-0.39, 0.29) is 11.7 Å². The molecule has 0 aliphatic carbocycles. The van der Waals surface area contributed by atoms with Crippen LogP contribution in [0.5, 0.6) is 0 Å². The Morgan fingerprint density at radius 2 is 2.50 bits per heavy atom. The highest BCUT2D eigenvalue weighted by molar-refractivity contribution is 5.92. The molecule has 0 saturated carbocycles. The van der Waals surface area contributed by atoms with Gasteiger partial charge in [0.15, 0.2) is 5.78 Å². The van der Waals surface area contributed by atoms with Crippen molar-refractivity contribution in [2.45, 2.75) is 6.92 Å². The molecule has 0 aromatic rings. The van der Waals surface area contributed by atoms with E-state index in [9.17, 15) is 4.79 Å². The van der Waals surface area contributed by atoms with Gasteiger partial charge in [-0.25, -0.2) is 0 Å². The Morgan fingerprint density at radius 3 is 3.00 bits per heavy atom. The molecule has 0 radical (unpaired) electrons. The second-order valence-electron chi connectivity index (χ2n) is 2.28. The van der Waals surface area contributed by atoms with Gasteiger partial charge in [-0.05, 0) is 0 Å². The predicted octanol–water partition coefficient (Wildman–Crippen LogP) is 0.710. The second-order valence-corrected chi connectivity index (χ2v) is 2.28. The average Bonchev–Trinajstić information content (AvgIpc) is 1.95. The average molecular weight is 142 g/mol. The lowest BCUT2D eigenvalue weighted by atomic mass is 10.1. The van der Waals surface area contributed by atoms with Crippen LogP contribution in [-0.4, -0.2) is 19.5 Å². The van der Waals surface area contributed by atoms with Crippen LogP contribution in [0.25, 0.3) is 0 Å². The molecule has 56 valence electrons. The van der Waals surface area contributed by atoms with Gasteiger partial charge in [0.25, 0.3) is 5.95 Å². The lowest BCUT2D eigenvalue weighted by Gasteiger charge is -2.16. The van der Waals surface area contributed by atoms with Crippen LogP contribution in [0.3, 0.4) is 0 Å². The molecule has 0 saturated heterocycles. The molecule has 1 atom stereocenters. The standard InChI is InChI=1S/C7H10O3/c1-5-4-10-7(9-2)3-6(5)8/h3,5H,4H2,1-2H3. The Morgan fingerprint density at radius 1 is 1.80 bits per heavy atom. The molecule has 1 rings (SSSR count).